The standard InChI is InChI=1S/C16H20N2O3/c1-11-6-9-18(14(11)15(19)20)16(21)17-8-7-12-4-2-3-5-13(12)10-17/h2-5,11,14H,6-10H2,1H3,(H,19,20). The molecule has 1 N–H and O–H groups in total. The van der Waals surface area contributed by atoms with Gasteiger partial charge in [0, 0.05) is 19.6 Å². The number of carboxylic acid groups (broad SMARTS) is 1. The maximum Gasteiger partial charge on any atom is 0.326 e. The number of rotatable bonds is 1. The van der Waals surface area contributed by atoms with E-state index in [2.05, 4.69) is 6.07 Å². The molecule has 1 fully saturated rings. The van der Waals surface area contributed by atoms with Gasteiger partial charge in [-0.2, -0.15) is 0 Å². The molecule has 0 spiro atoms. The molecule has 2 heterocycles. The van der Waals surface area contributed by atoms with Gasteiger partial charge in [0.25, 0.3) is 0 Å². The van der Waals surface area contributed by atoms with Crippen LogP contribution in [-0.2, 0) is 17.8 Å². The van der Waals surface area contributed by atoms with Crippen molar-refractivity contribution >= 4 is 12.0 Å². The van der Waals surface area contributed by atoms with Crippen molar-refractivity contribution in [3.05, 3.63) is 35.4 Å². The van der Waals surface area contributed by atoms with Crippen molar-refractivity contribution in [2.75, 3.05) is 13.1 Å². The second-order valence-corrected chi connectivity index (χ2v) is 5.97. The fourth-order valence-electron chi connectivity index (χ4n) is 3.38. The largest absolute Gasteiger partial charge is 0.480 e. The normalized spacial score (nSPS) is 24.8. The lowest BCUT2D eigenvalue weighted by Crippen LogP contribution is -2.50. The number of carboxylic acids is 1. The Kier molecular flexibility index (Phi) is 3.57. The van der Waals surface area contributed by atoms with Gasteiger partial charge >= 0.3 is 12.0 Å². The van der Waals surface area contributed by atoms with Crippen molar-refractivity contribution in [2.45, 2.75) is 32.4 Å². The Hall–Kier alpha value is -2.04. The first-order valence-corrected chi connectivity index (χ1v) is 7.43. The van der Waals surface area contributed by atoms with Gasteiger partial charge in [-0.25, -0.2) is 9.59 Å². The Bertz CT molecular complexity index is 572. The van der Waals surface area contributed by atoms with Crippen molar-refractivity contribution in [2.24, 2.45) is 5.92 Å². The number of urea groups is 1. The van der Waals surface area contributed by atoms with Gasteiger partial charge in [0.2, 0.25) is 0 Å². The molecule has 0 aromatic heterocycles. The van der Waals surface area contributed by atoms with Crippen LogP contribution in [0.3, 0.4) is 0 Å². The van der Waals surface area contributed by atoms with Gasteiger partial charge in [0.05, 0.1) is 0 Å². The Morgan fingerprint density at radius 2 is 1.90 bits per heavy atom. The second kappa shape index (κ2) is 5.39. The first-order chi connectivity index (χ1) is 10.1. The molecule has 0 aliphatic carbocycles. The van der Waals surface area contributed by atoms with Crippen molar-refractivity contribution < 1.29 is 14.7 Å². The van der Waals surface area contributed by atoms with Gasteiger partial charge in [0.1, 0.15) is 6.04 Å². The number of carbonyl (C=O) groups excluding carboxylic acids is 1. The fourth-order valence-corrected chi connectivity index (χ4v) is 3.38. The third-order valence-electron chi connectivity index (χ3n) is 4.60. The molecule has 2 atom stereocenters. The van der Waals surface area contributed by atoms with E-state index >= 15 is 0 Å². The number of hydrogen-bond acceptors (Lipinski definition) is 2. The molecule has 112 valence electrons. The van der Waals surface area contributed by atoms with E-state index in [1.54, 1.807) is 4.90 Å². The lowest BCUT2D eigenvalue weighted by Gasteiger charge is -2.34. The summed E-state index contributed by atoms with van der Waals surface area (Å²) in [5, 5.41) is 9.35. The number of nitrogens with zero attached hydrogens (tertiary/aromatic N) is 2. The number of likely N-dealkylation sites (tertiary alicyclic amines) is 1. The van der Waals surface area contributed by atoms with Crippen LogP contribution in [0.2, 0.25) is 0 Å². The lowest BCUT2D eigenvalue weighted by atomic mass is 10.00. The molecular formula is C16H20N2O3. The predicted molar refractivity (Wildman–Crippen MR) is 77.9 cm³/mol. The van der Waals surface area contributed by atoms with Crippen LogP contribution in [0.1, 0.15) is 24.5 Å². The van der Waals surface area contributed by atoms with E-state index in [9.17, 15) is 14.7 Å². The fraction of sp³-hybridized carbons (Fsp3) is 0.500. The summed E-state index contributed by atoms with van der Waals surface area (Å²) in [6, 6.07) is 7.30. The van der Waals surface area contributed by atoms with Crippen LogP contribution in [0, 0.1) is 5.92 Å². The average Bonchev–Trinajstić information content (AvgIpc) is 2.88. The maximum absolute atomic E-state index is 12.7. The highest BCUT2D eigenvalue weighted by atomic mass is 16.4. The number of fused-ring (bicyclic) bond motifs is 1. The van der Waals surface area contributed by atoms with Crippen LogP contribution in [0.15, 0.2) is 24.3 Å². The summed E-state index contributed by atoms with van der Waals surface area (Å²) in [5.74, 6) is -0.880. The molecule has 2 aliphatic rings. The number of amides is 2. The number of carbonyl (C=O) groups is 2. The molecule has 1 aromatic carbocycles. The Balaban J connectivity index is 1.76. The van der Waals surface area contributed by atoms with Crippen molar-refractivity contribution in [3.8, 4) is 0 Å². The molecule has 0 saturated carbocycles. The molecular weight excluding hydrogens is 268 g/mol. The first kappa shape index (κ1) is 13.9. The second-order valence-electron chi connectivity index (χ2n) is 5.97. The Morgan fingerprint density at radius 3 is 2.62 bits per heavy atom. The van der Waals surface area contributed by atoms with Crippen LogP contribution in [0.5, 0.6) is 0 Å². The Morgan fingerprint density at radius 1 is 1.19 bits per heavy atom. The molecule has 3 rings (SSSR count). The van der Waals surface area contributed by atoms with Crippen LogP contribution in [0.4, 0.5) is 4.79 Å². The van der Waals surface area contributed by atoms with Gasteiger partial charge in [-0.05, 0) is 29.9 Å². The molecule has 5 heteroatoms. The summed E-state index contributed by atoms with van der Waals surface area (Å²) in [5.41, 5.74) is 2.45. The SMILES string of the molecule is CC1CCN(C(=O)N2CCc3ccccc3C2)C1C(=O)O. The van der Waals surface area contributed by atoms with Gasteiger partial charge in [-0.15, -0.1) is 0 Å². The van der Waals surface area contributed by atoms with Gasteiger partial charge in [0.15, 0.2) is 0 Å². The van der Waals surface area contributed by atoms with E-state index in [1.807, 2.05) is 25.1 Å². The molecule has 1 aromatic rings. The number of aliphatic carboxylic acids is 1. The zero-order valence-corrected chi connectivity index (χ0v) is 12.2. The van der Waals surface area contributed by atoms with E-state index in [1.165, 1.54) is 10.5 Å². The van der Waals surface area contributed by atoms with E-state index in [4.69, 9.17) is 0 Å². The topological polar surface area (TPSA) is 60.9 Å². The third-order valence-corrected chi connectivity index (χ3v) is 4.60. The van der Waals surface area contributed by atoms with Gasteiger partial charge < -0.3 is 14.9 Å². The minimum absolute atomic E-state index is 0.0172. The third kappa shape index (κ3) is 2.48. The molecule has 0 bridgehead atoms. The van der Waals surface area contributed by atoms with E-state index in [-0.39, 0.29) is 11.9 Å². The van der Waals surface area contributed by atoms with Crippen LogP contribution in [-0.4, -0.2) is 46.0 Å². The van der Waals surface area contributed by atoms with Crippen LogP contribution in [0.25, 0.3) is 0 Å². The molecule has 2 aliphatic heterocycles. The summed E-state index contributed by atoms with van der Waals surface area (Å²) in [6.45, 7) is 3.67. The average molecular weight is 288 g/mol. The van der Waals surface area contributed by atoms with Crippen LogP contribution >= 0.6 is 0 Å². The first-order valence-electron chi connectivity index (χ1n) is 7.43. The summed E-state index contributed by atoms with van der Waals surface area (Å²) in [6.07, 6.45) is 1.59. The quantitative estimate of drug-likeness (QED) is 0.859. The summed E-state index contributed by atoms with van der Waals surface area (Å²) >= 11 is 0. The highest BCUT2D eigenvalue weighted by Gasteiger charge is 2.41. The number of hydrogen-bond donors (Lipinski definition) is 1. The van der Waals surface area contributed by atoms with Crippen molar-refractivity contribution in [3.63, 3.8) is 0 Å². The highest BCUT2D eigenvalue weighted by Crippen LogP contribution is 2.27. The van der Waals surface area contributed by atoms with Crippen molar-refractivity contribution in [1.82, 2.24) is 9.80 Å². The maximum atomic E-state index is 12.7. The van der Waals surface area contributed by atoms with E-state index in [0.29, 0.717) is 19.6 Å². The molecule has 5 nitrogen and oxygen atoms in total. The molecule has 2 amide bonds. The van der Waals surface area contributed by atoms with Crippen LogP contribution < -0.4 is 0 Å². The predicted octanol–water partition coefficient (Wildman–Crippen LogP) is 1.96. The zero-order chi connectivity index (χ0) is 15.0. The minimum atomic E-state index is -0.897. The lowest BCUT2D eigenvalue weighted by molar-refractivity contribution is -0.142. The molecule has 0 radical (unpaired) electrons. The molecule has 2 unspecified atom stereocenters. The highest BCUT2D eigenvalue weighted by molar-refractivity contribution is 5.83. The Labute approximate surface area is 124 Å². The summed E-state index contributed by atoms with van der Waals surface area (Å²) < 4.78 is 0. The smallest absolute Gasteiger partial charge is 0.326 e. The summed E-state index contributed by atoms with van der Waals surface area (Å²) in [7, 11) is 0. The van der Waals surface area contributed by atoms with Crippen molar-refractivity contribution in [1.29, 1.82) is 0 Å². The number of benzene rings is 1. The molecule has 1 saturated heterocycles. The van der Waals surface area contributed by atoms with Gasteiger partial charge in [-0.1, -0.05) is 31.2 Å². The minimum Gasteiger partial charge on any atom is -0.480 e. The van der Waals surface area contributed by atoms with E-state index < -0.39 is 12.0 Å². The zero-order valence-electron chi connectivity index (χ0n) is 12.2. The monoisotopic (exact) mass is 288 g/mol. The molecule has 21 heavy (non-hydrogen) atoms. The van der Waals surface area contributed by atoms with Gasteiger partial charge in [-0.3, -0.25) is 0 Å². The summed E-state index contributed by atoms with van der Waals surface area (Å²) in [4.78, 5) is 27.4. The van der Waals surface area contributed by atoms with E-state index in [0.717, 1.165) is 18.4 Å².